The third-order valence-electron chi connectivity index (χ3n) is 3.01. The Morgan fingerprint density at radius 1 is 0.950 bits per heavy atom. The molecule has 1 atom stereocenters. The smallest absolute Gasteiger partial charge is 0.403 e. The van der Waals surface area contributed by atoms with Gasteiger partial charge < -0.3 is 4.52 Å². The molecule has 20 heavy (non-hydrogen) atoms. The molecule has 0 saturated carbocycles. The first-order valence-electron chi connectivity index (χ1n) is 5.83. The van der Waals surface area contributed by atoms with Gasteiger partial charge in [0.15, 0.2) is 0 Å². The molecular formula is C14H10ClO4P. The van der Waals surface area contributed by atoms with Crippen LogP contribution in [0.3, 0.4) is 0 Å². The molecule has 0 aromatic heterocycles. The minimum absolute atomic E-state index is 0.250. The van der Waals surface area contributed by atoms with E-state index in [0.717, 1.165) is 16.2 Å². The summed E-state index contributed by atoms with van der Waals surface area (Å²) in [7, 11) is -4.29. The summed E-state index contributed by atoms with van der Waals surface area (Å²) in [6.07, 6.45) is 0. The van der Waals surface area contributed by atoms with E-state index in [1.165, 1.54) is 0 Å². The lowest BCUT2D eigenvalue weighted by molar-refractivity contribution is 0.301. The van der Waals surface area contributed by atoms with E-state index in [4.69, 9.17) is 16.4 Å². The van der Waals surface area contributed by atoms with Gasteiger partial charge in [-0.25, -0.2) is 4.57 Å². The quantitative estimate of drug-likeness (QED) is 0.565. The van der Waals surface area contributed by atoms with E-state index in [2.05, 4.69) is 4.08 Å². The normalized spacial score (nSPS) is 14.3. The SMILES string of the molecule is O=P(O)(OCl)Oc1cccc2cc3ccccc3cc12. The summed E-state index contributed by atoms with van der Waals surface area (Å²) in [6.45, 7) is 0. The van der Waals surface area contributed by atoms with Crippen LogP contribution < -0.4 is 4.52 Å². The molecular weight excluding hydrogens is 299 g/mol. The Hall–Kier alpha value is -1.58. The number of phosphoric ester groups is 1. The molecule has 0 bridgehead atoms. The van der Waals surface area contributed by atoms with Crippen LogP contribution in [0.5, 0.6) is 5.75 Å². The van der Waals surface area contributed by atoms with Crippen molar-refractivity contribution >= 4 is 41.2 Å². The fourth-order valence-electron chi connectivity index (χ4n) is 2.16. The molecule has 3 rings (SSSR count). The summed E-state index contributed by atoms with van der Waals surface area (Å²) in [6, 6.07) is 17.0. The first kappa shape index (κ1) is 13.4. The van der Waals surface area contributed by atoms with Crippen LogP contribution in [0.25, 0.3) is 21.5 Å². The molecule has 0 saturated heterocycles. The lowest BCUT2D eigenvalue weighted by Crippen LogP contribution is -1.92. The van der Waals surface area contributed by atoms with Crippen LogP contribution in [0, 0.1) is 0 Å². The second-order valence-electron chi connectivity index (χ2n) is 4.31. The van der Waals surface area contributed by atoms with E-state index in [1.54, 1.807) is 12.1 Å². The number of halogens is 1. The summed E-state index contributed by atoms with van der Waals surface area (Å²) in [5.74, 6) is 0.250. The van der Waals surface area contributed by atoms with Gasteiger partial charge in [0.05, 0.1) is 11.9 Å². The lowest BCUT2D eigenvalue weighted by Gasteiger charge is -2.11. The molecule has 0 amide bonds. The average molecular weight is 309 g/mol. The Balaban J connectivity index is 2.23. The predicted octanol–water partition coefficient (Wildman–Crippen LogP) is 4.64. The number of benzene rings is 3. The standard InChI is InChI=1S/C14H10ClO4P/c15-19-20(16,17)18-14-7-3-6-12-8-10-4-1-2-5-11(10)9-13(12)14/h1-9H,(H,16,17). The molecule has 0 heterocycles. The maximum Gasteiger partial charge on any atom is 0.544 e. The van der Waals surface area contributed by atoms with Crippen LogP contribution in [0.4, 0.5) is 0 Å². The average Bonchev–Trinajstić information content (AvgIpc) is 2.45. The van der Waals surface area contributed by atoms with Crippen molar-refractivity contribution in [2.24, 2.45) is 0 Å². The molecule has 3 aromatic carbocycles. The summed E-state index contributed by atoms with van der Waals surface area (Å²) in [5.41, 5.74) is 0. The zero-order valence-corrected chi connectivity index (χ0v) is 11.8. The second kappa shape index (κ2) is 5.08. The third kappa shape index (κ3) is 2.51. The topological polar surface area (TPSA) is 55.8 Å². The first-order chi connectivity index (χ1) is 9.59. The molecule has 6 heteroatoms. The van der Waals surface area contributed by atoms with E-state index in [9.17, 15) is 9.46 Å². The van der Waals surface area contributed by atoms with Crippen LogP contribution in [0.1, 0.15) is 0 Å². The van der Waals surface area contributed by atoms with Crippen LogP contribution in [-0.4, -0.2) is 4.89 Å². The van der Waals surface area contributed by atoms with Gasteiger partial charge in [0, 0.05) is 5.39 Å². The van der Waals surface area contributed by atoms with Gasteiger partial charge in [-0.1, -0.05) is 36.4 Å². The van der Waals surface area contributed by atoms with Gasteiger partial charge in [-0.05, 0) is 34.4 Å². The maximum absolute atomic E-state index is 11.4. The van der Waals surface area contributed by atoms with Gasteiger partial charge in [-0.15, -0.1) is 0 Å². The van der Waals surface area contributed by atoms with Crippen molar-refractivity contribution in [1.82, 2.24) is 0 Å². The lowest BCUT2D eigenvalue weighted by atomic mass is 10.0. The highest BCUT2D eigenvalue weighted by molar-refractivity contribution is 7.48. The Morgan fingerprint density at radius 2 is 1.60 bits per heavy atom. The van der Waals surface area contributed by atoms with Crippen molar-refractivity contribution in [3.05, 3.63) is 54.6 Å². The highest BCUT2D eigenvalue weighted by Crippen LogP contribution is 2.47. The molecule has 0 spiro atoms. The van der Waals surface area contributed by atoms with E-state index in [0.29, 0.717) is 5.39 Å². The minimum Gasteiger partial charge on any atom is -0.403 e. The monoisotopic (exact) mass is 308 g/mol. The van der Waals surface area contributed by atoms with Gasteiger partial charge >= 0.3 is 7.82 Å². The van der Waals surface area contributed by atoms with E-state index >= 15 is 0 Å². The fraction of sp³-hybridized carbons (Fsp3) is 0. The Labute approximate surface area is 120 Å². The highest BCUT2D eigenvalue weighted by atomic mass is 35.5. The Morgan fingerprint density at radius 3 is 2.30 bits per heavy atom. The van der Waals surface area contributed by atoms with Gasteiger partial charge in [0.25, 0.3) is 0 Å². The van der Waals surface area contributed by atoms with E-state index in [-0.39, 0.29) is 5.75 Å². The van der Waals surface area contributed by atoms with Gasteiger partial charge in [-0.3, -0.25) is 4.89 Å². The number of fused-ring (bicyclic) bond motifs is 2. The summed E-state index contributed by atoms with van der Waals surface area (Å²) in [5, 5.41) is 3.71. The molecule has 0 aliphatic carbocycles. The Bertz CT molecular complexity index is 834. The third-order valence-corrected chi connectivity index (χ3v) is 4.13. The van der Waals surface area contributed by atoms with E-state index < -0.39 is 7.82 Å². The van der Waals surface area contributed by atoms with Crippen LogP contribution in [-0.2, 0) is 8.64 Å². The fourth-order valence-corrected chi connectivity index (χ4v) is 2.68. The molecule has 1 unspecified atom stereocenters. The zero-order chi connectivity index (χ0) is 14.2. The summed E-state index contributed by atoms with van der Waals surface area (Å²) < 4.78 is 20.3. The molecule has 102 valence electrons. The number of rotatable bonds is 3. The van der Waals surface area contributed by atoms with Crippen molar-refractivity contribution in [3.8, 4) is 5.75 Å². The van der Waals surface area contributed by atoms with Gasteiger partial charge in [0.1, 0.15) is 5.75 Å². The Kier molecular flexibility index (Phi) is 3.40. The maximum atomic E-state index is 11.4. The second-order valence-corrected chi connectivity index (χ2v) is 5.98. The summed E-state index contributed by atoms with van der Waals surface area (Å²) in [4.78, 5) is 9.33. The van der Waals surface area contributed by atoms with Crippen molar-refractivity contribution in [3.63, 3.8) is 0 Å². The van der Waals surface area contributed by atoms with Crippen molar-refractivity contribution in [2.75, 3.05) is 0 Å². The van der Waals surface area contributed by atoms with Crippen LogP contribution in [0.2, 0.25) is 0 Å². The van der Waals surface area contributed by atoms with Crippen molar-refractivity contribution in [1.29, 1.82) is 0 Å². The first-order valence-corrected chi connectivity index (χ1v) is 7.64. The zero-order valence-electron chi connectivity index (χ0n) is 10.2. The predicted molar refractivity (Wildman–Crippen MR) is 78.8 cm³/mol. The van der Waals surface area contributed by atoms with Crippen LogP contribution >= 0.6 is 19.7 Å². The van der Waals surface area contributed by atoms with Crippen LogP contribution in [0.15, 0.2) is 54.6 Å². The largest absolute Gasteiger partial charge is 0.544 e. The molecule has 0 fully saturated rings. The highest BCUT2D eigenvalue weighted by Gasteiger charge is 2.23. The van der Waals surface area contributed by atoms with Crippen molar-refractivity contribution < 1.29 is 18.1 Å². The molecule has 1 N–H and O–H groups in total. The molecule has 3 aromatic rings. The van der Waals surface area contributed by atoms with E-state index in [1.807, 2.05) is 42.5 Å². The number of hydrogen-bond donors (Lipinski definition) is 1. The number of phosphoric acid groups is 1. The summed E-state index contributed by atoms with van der Waals surface area (Å²) >= 11 is 4.95. The molecule has 0 radical (unpaired) electrons. The van der Waals surface area contributed by atoms with Crippen molar-refractivity contribution in [2.45, 2.75) is 0 Å². The molecule has 0 aliphatic rings. The molecule has 4 nitrogen and oxygen atoms in total. The number of hydrogen-bond acceptors (Lipinski definition) is 3. The van der Waals surface area contributed by atoms with Gasteiger partial charge in [0.2, 0.25) is 0 Å². The van der Waals surface area contributed by atoms with Gasteiger partial charge in [-0.2, -0.15) is 4.08 Å². The molecule has 0 aliphatic heterocycles. The minimum atomic E-state index is -4.29.